The molecule has 0 unspecified atom stereocenters. The molecule has 2 N–H and O–H groups in total. The molecule has 1 aromatic heterocycles. The van der Waals surface area contributed by atoms with Gasteiger partial charge in [0.25, 0.3) is 0 Å². The van der Waals surface area contributed by atoms with Gasteiger partial charge in [-0.3, -0.25) is 4.99 Å². The minimum Gasteiger partial charge on any atom is -0.463 e. The van der Waals surface area contributed by atoms with E-state index < -0.39 is 0 Å². The van der Waals surface area contributed by atoms with Crippen LogP contribution in [0.5, 0.6) is 5.75 Å². The lowest BCUT2D eigenvalue weighted by Crippen LogP contribution is -1.91. The molecule has 0 atom stereocenters. The lowest BCUT2D eigenvalue weighted by molar-refractivity contribution is 0.481. The van der Waals surface area contributed by atoms with E-state index in [2.05, 4.69) is 9.98 Å². The van der Waals surface area contributed by atoms with Gasteiger partial charge < -0.3 is 10.5 Å². The molecule has 1 aromatic carbocycles. The molecule has 1 aliphatic heterocycles. The third-order valence-electron chi connectivity index (χ3n) is 2.68. The number of aromatic nitrogens is 1. The first kappa shape index (κ1) is 10.5. The van der Waals surface area contributed by atoms with E-state index in [0.717, 1.165) is 22.4 Å². The number of nitrogen functional groups attached to an aromatic ring is 1. The van der Waals surface area contributed by atoms with Gasteiger partial charge in [0.2, 0.25) is 0 Å². The number of aliphatic imine (C=N–C) groups is 1. The second-order valence-electron chi connectivity index (χ2n) is 3.90. The molecule has 0 saturated carbocycles. The molecule has 0 bridgehead atoms. The molecule has 0 radical (unpaired) electrons. The topological polar surface area (TPSA) is 60.5 Å². The van der Waals surface area contributed by atoms with Crippen LogP contribution in [-0.4, -0.2) is 11.2 Å². The van der Waals surface area contributed by atoms with Crippen molar-refractivity contribution in [3.05, 3.63) is 54.6 Å². The molecular formula is C14H11N3O. The number of benzene rings is 1. The Morgan fingerprint density at radius 1 is 1.06 bits per heavy atom. The van der Waals surface area contributed by atoms with Gasteiger partial charge in [-0.15, -0.1) is 0 Å². The summed E-state index contributed by atoms with van der Waals surface area (Å²) in [7, 11) is 0. The maximum Gasteiger partial charge on any atom is 0.135 e. The number of nitrogens with two attached hydrogens (primary N) is 1. The number of anilines is 1. The smallest absolute Gasteiger partial charge is 0.135 e. The Labute approximate surface area is 104 Å². The van der Waals surface area contributed by atoms with Crippen molar-refractivity contribution in [2.75, 3.05) is 5.73 Å². The van der Waals surface area contributed by atoms with Crippen molar-refractivity contribution >= 4 is 12.0 Å². The van der Waals surface area contributed by atoms with Crippen molar-refractivity contribution in [3.63, 3.8) is 0 Å². The molecule has 0 saturated heterocycles. The molecule has 0 fully saturated rings. The molecule has 88 valence electrons. The molecule has 0 spiro atoms. The minimum absolute atomic E-state index is 0.508. The monoisotopic (exact) mass is 237 g/mol. The number of hydrogen-bond acceptors (Lipinski definition) is 4. The van der Waals surface area contributed by atoms with Crippen LogP contribution in [-0.2, 0) is 0 Å². The normalized spacial score (nSPS) is 12.7. The molecular weight excluding hydrogens is 226 g/mol. The highest BCUT2D eigenvalue weighted by Gasteiger charge is 2.06. The van der Waals surface area contributed by atoms with Gasteiger partial charge in [0.05, 0.1) is 6.20 Å². The van der Waals surface area contributed by atoms with Gasteiger partial charge in [-0.05, 0) is 35.4 Å². The molecule has 4 heteroatoms. The van der Waals surface area contributed by atoms with Crippen molar-refractivity contribution in [3.8, 4) is 16.9 Å². The summed E-state index contributed by atoms with van der Waals surface area (Å²) in [5.74, 6) is 1.30. The van der Waals surface area contributed by atoms with Crippen LogP contribution in [0, 0.1) is 0 Å². The van der Waals surface area contributed by atoms with Crippen LogP contribution in [0.3, 0.4) is 0 Å². The summed E-state index contributed by atoms with van der Waals surface area (Å²) in [6.07, 6.45) is 6.64. The van der Waals surface area contributed by atoms with E-state index in [0.29, 0.717) is 5.82 Å². The Morgan fingerprint density at radius 2 is 1.94 bits per heavy atom. The van der Waals surface area contributed by atoms with Crippen LogP contribution in [0.15, 0.2) is 54.0 Å². The summed E-state index contributed by atoms with van der Waals surface area (Å²) in [5, 5.41) is 0. The van der Waals surface area contributed by atoms with Crippen LogP contribution in [0.1, 0.15) is 5.56 Å². The maximum absolute atomic E-state index is 5.69. The van der Waals surface area contributed by atoms with Crippen molar-refractivity contribution < 1.29 is 4.74 Å². The average molecular weight is 237 g/mol. The molecule has 2 aromatic rings. The Morgan fingerprint density at radius 3 is 2.83 bits per heavy atom. The Bertz CT molecular complexity index is 647. The van der Waals surface area contributed by atoms with E-state index in [1.54, 1.807) is 24.9 Å². The Hall–Kier alpha value is -2.62. The summed E-state index contributed by atoms with van der Waals surface area (Å²) >= 11 is 0. The van der Waals surface area contributed by atoms with Gasteiger partial charge in [0, 0.05) is 18.0 Å². The van der Waals surface area contributed by atoms with E-state index in [9.17, 15) is 0 Å². The Kier molecular flexibility index (Phi) is 2.53. The lowest BCUT2D eigenvalue weighted by Gasteiger charge is -2.07. The fourth-order valence-corrected chi connectivity index (χ4v) is 1.83. The van der Waals surface area contributed by atoms with Crippen molar-refractivity contribution in [2.45, 2.75) is 0 Å². The van der Waals surface area contributed by atoms with Gasteiger partial charge in [-0.2, -0.15) is 0 Å². The van der Waals surface area contributed by atoms with E-state index >= 15 is 0 Å². The van der Waals surface area contributed by atoms with Gasteiger partial charge in [-0.1, -0.05) is 6.07 Å². The molecule has 0 aliphatic carbocycles. The van der Waals surface area contributed by atoms with Crippen molar-refractivity contribution in [1.82, 2.24) is 4.98 Å². The van der Waals surface area contributed by atoms with E-state index in [1.165, 1.54) is 0 Å². The van der Waals surface area contributed by atoms with Crippen LogP contribution < -0.4 is 10.5 Å². The SMILES string of the molecule is Nc1cc(-c2ccc3c(c2)C=NC=CO3)ccn1. The zero-order valence-electron chi connectivity index (χ0n) is 9.58. The second kappa shape index (κ2) is 4.33. The standard InChI is InChI=1S/C14H11N3O/c15-14-8-11(3-4-17-14)10-1-2-13-12(7-10)9-16-5-6-18-13/h1-9H,(H2,15,17). The molecule has 3 rings (SSSR count). The molecule has 2 heterocycles. The highest BCUT2D eigenvalue weighted by atomic mass is 16.5. The third-order valence-corrected chi connectivity index (χ3v) is 2.68. The van der Waals surface area contributed by atoms with Crippen LogP contribution in [0.25, 0.3) is 11.1 Å². The fourth-order valence-electron chi connectivity index (χ4n) is 1.83. The first-order valence-corrected chi connectivity index (χ1v) is 5.54. The lowest BCUT2D eigenvalue weighted by atomic mass is 10.0. The first-order chi connectivity index (χ1) is 8.83. The largest absolute Gasteiger partial charge is 0.463 e. The summed E-state index contributed by atoms with van der Waals surface area (Å²) in [6.45, 7) is 0. The van der Waals surface area contributed by atoms with Gasteiger partial charge >= 0.3 is 0 Å². The Balaban J connectivity index is 2.07. The number of ether oxygens (including phenoxy) is 1. The first-order valence-electron chi connectivity index (χ1n) is 5.54. The van der Waals surface area contributed by atoms with Gasteiger partial charge in [0.1, 0.15) is 17.8 Å². The van der Waals surface area contributed by atoms with E-state index in [-0.39, 0.29) is 0 Å². The minimum atomic E-state index is 0.508. The fraction of sp³-hybridized carbons (Fsp3) is 0. The highest BCUT2D eigenvalue weighted by molar-refractivity contribution is 5.87. The molecule has 4 nitrogen and oxygen atoms in total. The number of fused-ring (bicyclic) bond motifs is 1. The predicted molar refractivity (Wildman–Crippen MR) is 71.4 cm³/mol. The maximum atomic E-state index is 5.69. The van der Waals surface area contributed by atoms with Crippen LogP contribution in [0.2, 0.25) is 0 Å². The number of hydrogen-bond donors (Lipinski definition) is 1. The number of nitrogens with zero attached hydrogens (tertiary/aromatic N) is 2. The van der Waals surface area contributed by atoms with Gasteiger partial charge in [0.15, 0.2) is 0 Å². The van der Waals surface area contributed by atoms with E-state index in [4.69, 9.17) is 10.5 Å². The van der Waals surface area contributed by atoms with Crippen LogP contribution >= 0.6 is 0 Å². The summed E-state index contributed by atoms with van der Waals surface area (Å²) in [5.41, 5.74) is 8.70. The molecule has 18 heavy (non-hydrogen) atoms. The highest BCUT2D eigenvalue weighted by Crippen LogP contribution is 2.27. The van der Waals surface area contributed by atoms with Crippen molar-refractivity contribution in [2.24, 2.45) is 4.99 Å². The zero-order chi connectivity index (χ0) is 12.4. The summed E-state index contributed by atoms with van der Waals surface area (Å²) < 4.78 is 5.42. The molecule has 1 aliphatic rings. The zero-order valence-corrected chi connectivity index (χ0v) is 9.58. The predicted octanol–water partition coefficient (Wildman–Crippen LogP) is 2.61. The quantitative estimate of drug-likeness (QED) is 0.829. The number of rotatable bonds is 1. The van der Waals surface area contributed by atoms with Crippen LogP contribution in [0.4, 0.5) is 5.82 Å². The van der Waals surface area contributed by atoms with Gasteiger partial charge in [-0.25, -0.2) is 4.98 Å². The second-order valence-corrected chi connectivity index (χ2v) is 3.90. The van der Waals surface area contributed by atoms with Crippen molar-refractivity contribution in [1.29, 1.82) is 0 Å². The number of pyridine rings is 1. The summed E-state index contributed by atoms with van der Waals surface area (Å²) in [4.78, 5) is 8.08. The third kappa shape index (κ3) is 1.96. The van der Waals surface area contributed by atoms with E-state index in [1.807, 2.05) is 30.3 Å². The average Bonchev–Trinajstić information content (AvgIpc) is 2.63. The molecule has 0 amide bonds. The summed E-state index contributed by atoms with van der Waals surface area (Å²) in [6, 6.07) is 9.68.